The van der Waals surface area contributed by atoms with E-state index in [4.69, 9.17) is 22.1 Å². The monoisotopic (exact) mass is 286 g/mol. The van der Waals surface area contributed by atoms with Crippen molar-refractivity contribution < 1.29 is 4.74 Å². The van der Waals surface area contributed by atoms with Gasteiger partial charge in [-0.3, -0.25) is 0 Å². The van der Waals surface area contributed by atoms with Crippen LogP contribution in [-0.2, 0) is 4.74 Å². The van der Waals surface area contributed by atoms with Gasteiger partial charge >= 0.3 is 0 Å². The van der Waals surface area contributed by atoms with Crippen molar-refractivity contribution in [3.63, 3.8) is 0 Å². The lowest BCUT2D eigenvalue weighted by Crippen LogP contribution is -2.49. The van der Waals surface area contributed by atoms with Crippen LogP contribution in [-0.4, -0.2) is 12.3 Å². The number of nitrogens with zero attached hydrogens (tertiary/aromatic N) is 1. The molecule has 5 atom stereocenters. The minimum Gasteiger partial charge on any atom is -0.354 e. The van der Waals surface area contributed by atoms with Gasteiger partial charge in [-0.1, -0.05) is 48.0 Å². The SMILES string of the molecule is N#CC1C(N)OC2C=CC=CC2C1c1ccc(Cl)cc1. The maximum absolute atomic E-state index is 9.46. The largest absolute Gasteiger partial charge is 0.354 e. The summed E-state index contributed by atoms with van der Waals surface area (Å²) in [5.41, 5.74) is 7.10. The van der Waals surface area contributed by atoms with Gasteiger partial charge in [0.15, 0.2) is 0 Å². The van der Waals surface area contributed by atoms with Crippen LogP contribution in [0.2, 0.25) is 5.02 Å². The third kappa shape index (κ3) is 2.27. The lowest BCUT2D eigenvalue weighted by molar-refractivity contribution is -0.0764. The van der Waals surface area contributed by atoms with Crippen LogP contribution in [0.25, 0.3) is 0 Å². The summed E-state index contributed by atoms with van der Waals surface area (Å²) in [6.07, 6.45) is 7.41. The second kappa shape index (κ2) is 5.41. The van der Waals surface area contributed by atoms with Crippen LogP contribution < -0.4 is 5.73 Å². The molecule has 0 amide bonds. The van der Waals surface area contributed by atoms with Crippen molar-refractivity contribution in [2.75, 3.05) is 0 Å². The molecule has 0 radical (unpaired) electrons. The summed E-state index contributed by atoms with van der Waals surface area (Å²) in [7, 11) is 0. The van der Waals surface area contributed by atoms with Gasteiger partial charge in [0.2, 0.25) is 0 Å². The van der Waals surface area contributed by atoms with Crippen molar-refractivity contribution in [1.82, 2.24) is 0 Å². The molecule has 0 aromatic heterocycles. The van der Waals surface area contributed by atoms with Gasteiger partial charge in [0.25, 0.3) is 0 Å². The molecule has 102 valence electrons. The van der Waals surface area contributed by atoms with Gasteiger partial charge in [0.1, 0.15) is 6.23 Å². The highest BCUT2D eigenvalue weighted by Crippen LogP contribution is 2.43. The molecule has 1 aromatic rings. The molecule has 5 unspecified atom stereocenters. The Hall–Kier alpha value is -1.60. The van der Waals surface area contributed by atoms with E-state index in [-0.39, 0.29) is 23.9 Å². The Morgan fingerprint density at radius 1 is 1.15 bits per heavy atom. The van der Waals surface area contributed by atoms with Gasteiger partial charge in [0, 0.05) is 16.9 Å². The maximum atomic E-state index is 9.46. The van der Waals surface area contributed by atoms with Crippen LogP contribution >= 0.6 is 11.6 Å². The first-order chi connectivity index (χ1) is 9.70. The van der Waals surface area contributed by atoms with E-state index in [0.717, 1.165) is 5.56 Å². The molecule has 1 heterocycles. The molecule has 4 heteroatoms. The van der Waals surface area contributed by atoms with Crippen LogP contribution in [0.1, 0.15) is 11.5 Å². The highest BCUT2D eigenvalue weighted by atomic mass is 35.5. The van der Waals surface area contributed by atoms with Crippen molar-refractivity contribution in [3.05, 3.63) is 59.2 Å². The lowest BCUT2D eigenvalue weighted by Gasteiger charge is -2.42. The second-order valence-electron chi connectivity index (χ2n) is 5.14. The normalized spacial score (nSPS) is 35.4. The lowest BCUT2D eigenvalue weighted by atomic mass is 9.71. The molecule has 1 saturated heterocycles. The summed E-state index contributed by atoms with van der Waals surface area (Å²) in [5, 5.41) is 10.1. The molecule has 1 aliphatic heterocycles. The van der Waals surface area contributed by atoms with Crippen molar-refractivity contribution in [2.24, 2.45) is 17.6 Å². The highest BCUT2D eigenvalue weighted by molar-refractivity contribution is 6.30. The number of nitriles is 1. The standard InChI is InChI=1S/C16H15ClN2O/c17-11-7-5-10(6-8-11)15-12-3-1-2-4-14(12)20-16(19)13(15)9-18/h1-8,12-16H,19H2. The van der Waals surface area contributed by atoms with Crippen LogP contribution in [0.15, 0.2) is 48.6 Å². The number of rotatable bonds is 1. The van der Waals surface area contributed by atoms with E-state index in [2.05, 4.69) is 12.1 Å². The number of hydrogen-bond acceptors (Lipinski definition) is 3. The predicted octanol–water partition coefficient (Wildman–Crippen LogP) is 2.99. The Balaban J connectivity index is 2.02. The van der Waals surface area contributed by atoms with Gasteiger partial charge in [-0.25, -0.2) is 0 Å². The molecule has 1 fully saturated rings. The van der Waals surface area contributed by atoms with Crippen LogP contribution in [0.3, 0.4) is 0 Å². The Bertz CT molecular complexity index is 587. The Labute approximate surface area is 123 Å². The van der Waals surface area contributed by atoms with Gasteiger partial charge in [0.05, 0.1) is 18.1 Å². The summed E-state index contributed by atoms with van der Waals surface area (Å²) in [5.74, 6) is -0.216. The Morgan fingerprint density at radius 3 is 2.55 bits per heavy atom. The summed E-state index contributed by atoms with van der Waals surface area (Å²) < 4.78 is 5.76. The van der Waals surface area contributed by atoms with E-state index in [0.29, 0.717) is 5.02 Å². The van der Waals surface area contributed by atoms with Crippen LogP contribution in [0.4, 0.5) is 0 Å². The molecule has 3 rings (SSSR count). The minimum atomic E-state index is -0.571. The number of fused-ring (bicyclic) bond motifs is 1. The van der Waals surface area contributed by atoms with Crippen molar-refractivity contribution in [3.8, 4) is 6.07 Å². The average Bonchev–Trinajstić information content (AvgIpc) is 2.47. The zero-order valence-corrected chi connectivity index (χ0v) is 11.6. The van der Waals surface area contributed by atoms with Crippen molar-refractivity contribution >= 4 is 11.6 Å². The molecular weight excluding hydrogens is 272 g/mol. The number of halogens is 1. The summed E-state index contributed by atoms with van der Waals surface area (Å²) in [6.45, 7) is 0. The fourth-order valence-corrected chi connectivity index (χ4v) is 3.17. The van der Waals surface area contributed by atoms with Gasteiger partial charge < -0.3 is 10.5 Å². The summed E-state index contributed by atoms with van der Waals surface area (Å²) in [6, 6.07) is 9.95. The fraction of sp³-hybridized carbons (Fsp3) is 0.312. The van der Waals surface area contributed by atoms with Gasteiger partial charge in [-0.15, -0.1) is 0 Å². The third-order valence-electron chi connectivity index (χ3n) is 4.00. The maximum Gasteiger partial charge on any atom is 0.123 e. The topological polar surface area (TPSA) is 59.0 Å². The molecule has 2 aliphatic rings. The molecule has 1 aliphatic carbocycles. The molecule has 0 spiro atoms. The number of nitrogens with two attached hydrogens (primary N) is 1. The van der Waals surface area contributed by atoms with Crippen LogP contribution in [0.5, 0.6) is 0 Å². The zero-order chi connectivity index (χ0) is 14.1. The average molecular weight is 287 g/mol. The fourth-order valence-electron chi connectivity index (χ4n) is 3.04. The molecule has 2 N–H and O–H groups in total. The number of allylic oxidation sites excluding steroid dienone is 2. The molecular formula is C16H15ClN2O. The molecule has 1 aromatic carbocycles. The number of ether oxygens (including phenoxy) is 1. The molecule has 3 nitrogen and oxygen atoms in total. The predicted molar refractivity (Wildman–Crippen MR) is 77.9 cm³/mol. The first kappa shape index (κ1) is 13.4. The summed E-state index contributed by atoms with van der Waals surface area (Å²) >= 11 is 5.95. The van der Waals surface area contributed by atoms with E-state index in [1.54, 1.807) is 0 Å². The third-order valence-corrected chi connectivity index (χ3v) is 4.25. The Morgan fingerprint density at radius 2 is 1.85 bits per heavy atom. The number of benzene rings is 1. The first-order valence-electron chi connectivity index (χ1n) is 6.62. The Kier molecular flexibility index (Phi) is 3.62. The van der Waals surface area contributed by atoms with Crippen molar-refractivity contribution in [2.45, 2.75) is 18.2 Å². The van der Waals surface area contributed by atoms with E-state index in [1.165, 1.54) is 0 Å². The molecule has 0 bridgehead atoms. The van der Waals surface area contributed by atoms with Crippen LogP contribution in [0, 0.1) is 23.2 Å². The van der Waals surface area contributed by atoms with E-state index in [9.17, 15) is 5.26 Å². The highest BCUT2D eigenvalue weighted by Gasteiger charge is 2.43. The second-order valence-corrected chi connectivity index (χ2v) is 5.58. The van der Waals surface area contributed by atoms with Gasteiger partial charge in [-0.05, 0) is 17.7 Å². The van der Waals surface area contributed by atoms with E-state index >= 15 is 0 Å². The quantitative estimate of drug-likeness (QED) is 0.863. The molecule has 0 saturated carbocycles. The molecule has 20 heavy (non-hydrogen) atoms. The number of hydrogen-bond donors (Lipinski definition) is 1. The smallest absolute Gasteiger partial charge is 0.123 e. The summed E-state index contributed by atoms with van der Waals surface area (Å²) in [4.78, 5) is 0. The minimum absolute atomic E-state index is 0.0206. The van der Waals surface area contributed by atoms with E-state index in [1.807, 2.05) is 42.5 Å². The zero-order valence-electron chi connectivity index (χ0n) is 10.8. The first-order valence-corrected chi connectivity index (χ1v) is 6.99. The van der Waals surface area contributed by atoms with Crippen molar-refractivity contribution in [1.29, 1.82) is 5.26 Å². The van der Waals surface area contributed by atoms with E-state index < -0.39 is 6.23 Å². The van der Waals surface area contributed by atoms with Gasteiger partial charge in [-0.2, -0.15) is 5.26 Å².